The van der Waals surface area contributed by atoms with E-state index in [1.165, 1.54) is 0 Å². The van der Waals surface area contributed by atoms with Crippen LogP contribution < -0.4 is 10.5 Å². The fourth-order valence-electron chi connectivity index (χ4n) is 1.50. The van der Waals surface area contributed by atoms with Gasteiger partial charge in [0.15, 0.2) is 0 Å². The Bertz CT molecular complexity index is 451. The van der Waals surface area contributed by atoms with Crippen LogP contribution in [0.15, 0.2) is 36.9 Å². The lowest BCUT2D eigenvalue weighted by Gasteiger charge is -2.12. The Morgan fingerprint density at radius 1 is 1.44 bits per heavy atom. The molecule has 0 saturated heterocycles. The second-order valence-corrected chi connectivity index (χ2v) is 3.51. The highest BCUT2D eigenvalue weighted by atomic mass is 16.5. The quantitative estimate of drug-likeness (QED) is 0.799. The fourth-order valence-corrected chi connectivity index (χ4v) is 1.50. The number of hydrogen-bond acceptors (Lipinski definition) is 3. The molecule has 0 aliphatic carbocycles. The summed E-state index contributed by atoms with van der Waals surface area (Å²) in [6.07, 6.45) is 6.26. The summed E-state index contributed by atoms with van der Waals surface area (Å²) in [5.74, 6) is 0.730. The van der Waals surface area contributed by atoms with Gasteiger partial charge in [-0.15, -0.1) is 0 Å². The Kier molecular flexibility index (Phi) is 3.10. The van der Waals surface area contributed by atoms with Gasteiger partial charge in [-0.3, -0.25) is 0 Å². The van der Waals surface area contributed by atoms with Crippen LogP contribution in [-0.2, 0) is 0 Å². The highest BCUT2D eigenvalue weighted by Crippen LogP contribution is 2.27. The second-order valence-electron chi connectivity index (χ2n) is 3.51. The van der Waals surface area contributed by atoms with Crippen LogP contribution in [-0.4, -0.2) is 16.2 Å². The number of nitrogen functional groups attached to an aromatic ring is 1. The lowest BCUT2D eigenvalue weighted by atomic mass is 10.2. The van der Waals surface area contributed by atoms with Gasteiger partial charge < -0.3 is 15.0 Å². The third kappa shape index (κ3) is 2.00. The monoisotopic (exact) mass is 217 g/mol. The maximum atomic E-state index is 6.04. The van der Waals surface area contributed by atoms with E-state index in [1.807, 2.05) is 29.0 Å². The van der Waals surface area contributed by atoms with E-state index in [9.17, 15) is 0 Å². The number of anilines is 1. The number of nitrogens with zero attached hydrogens (tertiary/aromatic N) is 2. The van der Waals surface area contributed by atoms with E-state index in [0.29, 0.717) is 12.3 Å². The number of imidazole rings is 1. The van der Waals surface area contributed by atoms with E-state index in [4.69, 9.17) is 10.5 Å². The Labute approximate surface area is 94.7 Å². The molecule has 0 atom stereocenters. The number of rotatable bonds is 4. The summed E-state index contributed by atoms with van der Waals surface area (Å²) < 4.78 is 7.44. The standard InChI is InChI=1S/C12H15N3O/c1-2-8-16-11-5-3-4-10(12(11)13)15-7-6-14-9-15/h3-7,9H,2,8,13H2,1H3. The molecule has 0 aliphatic heterocycles. The smallest absolute Gasteiger partial charge is 0.144 e. The molecule has 16 heavy (non-hydrogen) atoms. The van der Waals surface area contributed by atoms with Crippen molar-refractivity contribution in [1.29, 1.82) is 0 Å². The van der Waals surface area contributed by atoms with Crippen molar-refractivity contribution in [3.63, 3.8) is 0 Å². The molecule has 2 rings (SSSR count). The number of hydrogen-bond donors (Lipinski definition) is 1. The van der Waals surface area contributed by atoms with Gasteiger partial charge in [-0.1, -0.05) is 13.0 Å². The van der Waals surface area contributed by atoms with Crippen molar-refractivity contribution in [2.24, 2.45) is 0 Å². The van der Waals surface area contributed by atoms with Crippen molar-refractivity contribution in [2.45, 2.75) is 13.3 Å². The highest BCUT2D eigenvalue weighted by molar-refractivity contribution is 5.66. The van der Waals surface area contributed by atoms with Crippen molar-refractivity contribution in [1.82, 2.24) is 9.55 Å². The highest BCUT2D eigenvalue weighted by Gasteiger charge is 2.06. The maximum absolute atomic E-state index is 6.04. The summed E-state index contributed by atoms with van der Waals surface area (Å²) in [7, 11) is 0. The summed E-state index contributed by atoms with van der Waals surface area (Å²) in [6, 6.07) is 5.75. The molecule has 0 unspecified atom stereocenters. The van der Waals surface area contributed by atoms with Crippen molar-refractivity contribution in [3.8, 4) is 11.4 Å². The van der Waals surface area contributed by atoms with E-state index in [0.717, 1.165) is 17.9 Å². The minimum atomic E-state index is 0.647. The molecule has 0 bridgehead atoms. The Balaban J connectivity index is 2.33. The van der Waals surface area contributed by atoms with Gasteiger partial charge >= 0.3 is 0 Å². The summed E-state index contributed by atoms with van der Waals surface area (Å²) in [6.45, 7) is 2.74. The van der Waals surface area contributed by atoms with Crippen LogP contribution in [0, 0.1) is 0 Å². The molecule has 1 heterocycles. The van der Waals surface area contributed by atoms with E-state index in [-0.39, 0.29) is 0 Å². The van der Waals surface area contributed by atoms with Gasteiger partial charge in [-0.25, -0.2) is 4.98 Å². The summed E-state index contributed by atoms with van der Waals surface area (Å²) in [5, 5.41) is 0. The molecule has 1 aromatic heterocycles. The van der Waals surface area contributed by atoms with E-state index < -0.39 is 0 Å². The largest absolute Gasteiger partial charge is 0.491 e. The normalized spacial score (nSPS) is 10.3. The summed E-state index contributed by atoms with van der Waals surface area (Å²) in [4.78, 5) is 4.00. The minimum Gasteiger partial charge on any atom is -0.491 e. The van der Waals surface area contributed by atoms with Crippen LogP contribution in [0.3, 0.4) is 0 Å². The number of ether oxygens (including phenoxy) is 1. The number of nitrogens with two attached hydrogens (primary N) is 1. The molecule has 1 aromatic carbocycles. The Hall–Kier alpha value is -1.97. The first-order chi connectivity index (χ1) is 7.83. The SMILES string of the molecule is CCCOc1cccc(-n2ccnc2)c1N. The number of benzene rings is 1. The van der Waals surface area contributed by atoms with E-state index >= 15 is 0 Å². The number of para-hydroxylation sites is 1. The Morgan fingerprint density at radius 3 is 3.00 bits per heavy atom. The molecule has 0 spiro atoms. The van der Waals surface area contributed by atoms with Crippen molar-refractivity contribution >= 4 is 5.69 Å². The first kappa shape index (κ1) is 10.5. The molecule has 2 N–H and O–H groups in total. The Morgan fingerprint density at radius 2 is 2.31 bits per heavy atom. The van der Waals surface area contributed by atoms with Gasteiger partial charge in [0.1, 0.15) is 5.75 Å². The first-order valence-electron chi connectivity index (χ1n) is 5.32. The van der Waals surface area contributed by atoms with Crippen LogP contribution in [0.25, 0.3) is 5.69 Å². The number of aromatic nitrogens is 2. The average Bonchev–Trinajstić information content (AvgIpc) is 2.81. The second kappa shape index (κ2) is 4.70. The molecular weight excluding hydrogens is 202 g/mol. The topological polar surface area (TPSA) is 53.1 Å². The fraction of sp³-hybridized carbons (Fsp3) is 0.250. The van der Waals surface area contributed by atoms with Gasteiger partial charge in [-0.2, -0.15) is 0 Å². The third-order valence-electron chi connectivity index (χ3n) is 2.29. The lowest BCUT2D eigenvalue weighted by molar-refractivity contribution is 0.319. The molecule has 0 saturated carbocycles. The average molecular weight is 217 g/mol. The van der Waals surface area contributed by atoms with Crippen LogP contribution in [0.5, 0.6) is 5.75 Å². The van der Waals surface area contributed by atoms with E-state index in [1.54, 1.807) is 12.5 Å². The van der Waals surface area contributed by atoms with Gasteiger partial charge in [0, 0.05) is 12.4 Å². The van der Waals surface area contributed by atoms with Gasteiger partial charge in [0.2, 0.25) is 0 Å². The molecule has 84 valence electrons. The predicted molar refractivity (Wildman–Crippen MR) is 63.8 cm³/mol. The van der Waals surface area contributed by atoms with Crippen molar-refractivity contribution in [2.75, 3.05) is 12.3 Å². The molecule has 0 radical (unpaired) electrons. The predicted octanol–water partition coefficient (Wildman–Crippen LogP) is 2.24. The van der Waals surface area contributed by atoms with Crippen LogP contribution in [0.2, 0.25) is 0 Å². The minimum absolute atomic E-state index is 0.647. The van der Waals surface area contributed by atoms with Gasteiger partial charge in [-0.05, 0) is 18.6 Å². The third-order valence-corrected chi connectivity index (χ3v) is 2.29. The van der Waals surface area contributed by atoms with Crippen LogP contribution >= 0.6 is 0 Å². The van der Waals surface area contributed by atoms with Crippen LogP contribution in [0.4, 0.5) is 5.69 Å². The van der Waals surface area contributed by atoms with Gasteiger partial charge in [0.25, 0.3) is 0 Å². The summed E-state index contributed by atoms with van der Waals surface area (Å²) >= 11 is 0. The molecule has 4 heteroatoms. The maximum Gasteiger partial charge on any atom is 0.144 e. The lowest BCUT2D eigenvalue weighted by Crippen LogP contribution is -2.03. The van der Waals surface area contributed by atoms with Crippen molar-refractivity contribution in [3.05, 3.63) is 36.9 Å². The molecule has 0 aliphatic rings. The molecule has 0 fully saturated rings. The van der Waals surface area contributed by atoms with Crippen molar-refractivity contribution < 1.29 is 4.74 Å². The van der Waals surface area contributed by atoms with Crippen LogP contribution in [0.1, 0.15) is 13.3 Å². The molecule has 4 nitrogen and oxygen atoms in total. The zero-order valence-corrected chi connectivity index (χ0v) is 9.26. The zero-order chi connectivity index (χ0) is 11.4. The van der Waals surface area contributed by atoms with Gasteiger partial charge in [0.05, 0.1) is 24.3 Å². The van der Waals surface area contributed by atoms with E-state index in [2.05, 4.69) is 11.9 Å². The molecule has 0 amide bonds. The molecule has 2 aromatic rings. The zero-order valence-electron chi connectivity index (χ0n) is 9.26. The summed E-state index contributed by atoms with van der Waals surface area (Å²) in [5.41, 5.74) is 7.58. The molecular formula is C12H15N3O. The first-order valence-corrected chi connectivity index (χ1v) is 5.32.